The zero-order valence-corrected chi connectivity index (χ0v) is 13.5. The average Bonchev–Trinajstić information content (AvgIpc) is 2.85. The van der Waals surface area contributed by atoms with E-state index in [-0.39, 0.29) is 5.95 Å². The van der Waals surface area contributed by atoms with Crippen LogP contribution in [0.25, 0.3) is 10.2 Å². The summed E-state index contributed by atoms with van der Waals surface area (Å²) in [5.41, 5.74) is 6.51. The lowest BCUT2D eigenvalue weighted by Gasteiger charge is -2.09. The third-order valence-corrected chi connectivity index (χ3v) is 4.71. The topological polar surface area (TPSA) is 63.8 Å². The number of nitrogens with two attached hydrogens (primary N) is 1. The molecule has 0 unspecified atom stereocenters. The highest BCUT2D eigenvalue weighted by Gasteiger charge is 2.11. The van der Waals surface area contributed by atoms with Gasteiger partial charge in [-0.05, 0) is 30.7 Å². The lowest BCUT2D eigenvalue weighted by Crippen LogP contribution is -2.00. The molecule has 0 bridgehead atoms. The van der Waals surface area contributed by atoms with Crippen molar-refractivity contribution in [3.8, 4) is 0 Å². The number of hydrogen-bond donors (Lipinski definition) is 2. The van der Waals surface area contributed by atoms with Gasteiger partial charge in [-0.15, -0.1) is 11.3 Å². The summed E-state index contributed by atoms with van der Waals surface area (Å²) in [6.45, 7) is 2.10. The van der Waals surface area contributed by atoms with Crippen LogP contribution >= 0.6 is 34.5 Å². The zero-order valence-electron chi connectivity index (χ0n) is 11.2. The number of nitrogen functional groups attached to an aromatic ring is 1. The van der Waals surface area contributed by atoms with Gasteiger partial charge in [-0.3, -0.25) is 0 Å². The number of aryl methyl sites for hydroxylation is 1. The second kappa shape index (κ2) is 5.67. The lowest BCUT2D eigenvalue weighted by molar-refractivity contribution is 1.19. The largest absolute Gasteiger partial charge is 0.368 e. The molecular weight excluding hydrogens is 327 g/mol. The number of thiophene rings is 1. The zero-order chi connectivity index (χ0) is 15.0. The van der Waals surface area contributed by atoms with E-state index in [4.69, 9.17) is 28.9 Å². The fourth-order valence-electron chi connectivity index (χ4n) is 1.98. The Hall–Kier alpha value is -1.56. The van der Waals surface area contributed by atoms with Crippen LogP contribution in [0.5, 0.6) is 0 Å². The highest BCUT2D eigenvalue weighted by Crippen LogP contribution is 2.34. The maximum Gasteiger partial charge on any atom is 0.223 e. The predicted octanol–water partition coefficient (Wildman–Crippen LogP) is 4.89. The van der Waals surface area contributed by atoms with E-state index < -0.39 is 0 Å². The van der Waals surface area contributed by atoms with E-state index in [2.05, 4.69) is 28.3 Å². The number of halogens is 2. The molecule has 4 nitrogen and oxygen atoms in total. The Kier molecular flexibility index (Phi) is 3.89. The van der Waals surface area contributed by atoms with Crippen molar-refractivity contribution < 1.29 is 0 Å². The van der Waals surface area contributed by atoms with Crippen LogP contribution in [0.3, 0.4) is 0 Å². The quantitative estimate of drug-likeness (QED) is 0.713. The van der Waals surface area contributed by atoms with E-state index in [1.807, 2.05) is 6.07 Å². The van der Waals surface area contributed by atoms with Gasteiger partial charge in [0.15, 0.2) is 0 Å². The van der Waals surface area contributed by atoms with Gasteiger partial charge in [0.1, 0.15) is 10.6 Å². The monoisotopic (exact) mass is 338 g/mol. The van der Waals surface area contributed by atoms with Gasteiger partial charge in [0.25, 0.3) is 0 Å². The van der Waals surface area contributed by atoms with Crippen molar-refractivity contribution in [1.82, 2.24) is 9.97 Å². The van der Waals surface area contributed by atoms with Crippen LogP contribution < -0.4 is 11.1 Å². The summed E-state index contributed by atoms with van der Waals surface area (Å²) < 4.78 is 0. The molecule has 2 heterocycles. The van der Waals surface area contributed by atoms with Gasteiger partial charge in [-0.2, -0.15) is 4.98 Å². The van der Waals surface area contributed by atoms with Gasteiger partial charge < -0.3 is 11.1 Å². The minimum atomic E-state index is 0.236. The number of fused-ring (bicyclic) bond motifs is 1. The van der Waals surface area contributed by atoms with Gasteiger partial charge >= 0.3 is 0 Å². The second-order valence-electron chi connectivity index (χ2n) is 4.46. The summed E-state index contributed by atoms with van der Waals surface area (Å²) >= 11 is 13.7. The van der Waals surface area contributed by atoms with E-state index in [9.17, 15) is 0 Å². The highest BCUT2D eigenvalue weighted by molar-refractivity contribution is 7.18. The maximum absolute atomic E-state index is 6.18. The van der Waals surface area contributed by atoms with Crippen LogP contribution in [0.4, 0.5) is 17.5 Å². The Morgan fingerprint density at radius 2 is 2.05 bits per heavy atom. The fraction of sp³-hybridized carbons (Fsp3) is 0.143. The second-order valence-corrected chi connectivity index (χ2v) is 6.42. The Balaban J connectivity index is 2.08. The molecular formula is C14H12Cl2N4S. The SMILES string of the molecule is CCc1cc2c(Nc3ccc(Cl)cc3Cl)nc(N)nc2s1. The first-order valence-corrected chi connectivity index (χ1v) is 7.92. The molecule has 1 aromatic carbocycles. The smallest absolute Gasteiger partial charge is 0.223 e. The summed E-state index contributed by atoms with van der Waals surface area (Å²) in [6.07, 6.45) is 0.947. The molecule has 0 saturated carbocycles. The lowest BCUT2D eigenvalue weighted by atomic mass is 10.3. The number of anilines is 3. The number of benzene rings is 1. The van der Waals surface area contributed by atoms with Gasteiger partial charge in [0.2, 0.25) is 5.95 Å². The number of hydrogen-bond acceptors (Lipinski definition) is 5. The van der Waals surface area contributed by atoms with E-state index in [0.29, 0.717) is 15.9 Å². The number of nitrogens with one attached hydrogen (secondary N) is 1. The number of aromatic nitrogens is 2. The Morgan fingerprint density at radius 1 is 1.24 bits per heavy atom. The molecule has 0 atom stereocenters. The summed E-state index contributed by atoms with van der Waals surface area (Å²) in [6, 6.07) is 7.33. The van der Waals surface area contributed by atoms with Gasteiger partial charge in [0, 0.05) is 9.90 Å². The van der Waals surface area contributed by atoms with E-state index in [1.54, 1.807) is 23.5 Å². The van der Waals surface area contributed by atoms with Gasteiger partial charge in [0.05, 0.1) is 16.1 Å². The van der Waals surface area contributed by atoms with Crippen LogP contribution in [0.1, 0.15) is 11.8 Å². The van der Waals surface area contributed by atoms with E-state index in [1.165, 1.54) is 4.88 Å². The molecule has 0 aliphatic heterocycles. The molecule has 3 N–H and O–H groups in total. The number of rotatable bonds is 3. The predicted molar refractivity (Wildman–Crippen MR) is 91.0 cm³/mol. The Bertz CT molecular complexity index is 816. The highest BCUT2D eigenvalue weighted by atomic mass is 35.5. The molecule has 0 saturated heterocycles. The first kappa shape index (κ1) is 14.4. The van der Waals surface area contributed by atoms with Crippen LogP contribution in [0.2, 0.25) is 10.0 Å². The standard InChI is InChI=1S/C14H12Cl2N4S/c1-2-8-6-9-12(19-14(17)20-13(9)21-8)18-11-4-3-7(15)5-10(11)16/h3-6H,2H2,1H3,(H3,17,18,19,20). The van der Waals surface area contributed by atoms with Crippen LogP contribution in [0.15, 0.2) is 24.3 Å². The fourth-order valence-corrected chi connectivity index (χ4v) is 3.41. The summed E-state index contributed by atoms with van der Waals surface area (Å²) in [7, 11) is 0. The average molecular weight is 339 g/mol. The van der Waals surface area contributed by atoms with Crippen LogP contribution in [-0.4, -0.2) is 9.97 Å². The molecule has 0 aliphatic carbocycles. The molecule has 21 heavy (non-hydrogen) atoms. The minimum absolute atomic E-state index is 0.236. The summed E-state index contributed by atoms with van der Waals surface area (Å²) in [4.78, 5) is 10.7. The molecule has 0 fully saturated rings. The van der Waals surface area contributed by atoms with Crippen molar-refractivity contribution in [2.75, 3.05) is 11.1 Å². The van der Waals surface area contributed by atoms with Crippen molar-refractivity contribution in [2.45, 2.75) is 13.3 Å². The van der Waals surface area contributed by atoms with Crippen LogP contribution in [0, 0.1) is 0 Å². The normalized spacial score (nSPS) is 11.0. The summed E-state index contributed by atoms with van der Waals surface area (Å²) in [5, 5.41) is 5.26. The maximum atomic E-state index is 6.18. The molecule has 3 aromatic rings. The first-order valence-electron chi connectivity index (χ1n) is 6.35. The molecule has 108 valence electrons. The van der Waals surface area contributed by atoms with Crippen molar-refractivity contribution in [3.05, 3.63) is 39.2 Å². The van der Waals surface area contributed by atoms with Crippen LogP contribution in [-0.2, 0) is 6.42 Å². The van der Waals surface area contributed by atoms with Gasteiger partial charge in [-0.25, -0.2) is 4.98 Å². The van der Waals surface area contributed by atoms with E-state index in [0.717, 1.165) is 22.3 Å². The Labute approximate surface area is 135 Å². The third-order valence-electron chi connectivity index (χ3n) is 2.99. The molecule has 0 radical (unpaired) electrons. The van der Waals surface area contributed by atoms with Crippen molar-refractivity contribution >= 4 is 62.2 Å². The Morgan fingerprint density at radius 3 is 2.76 bits per heavy atom. The molecule has 0 amide bonds. The van der Waals surface area contributed by atoms with Crippen molar-refractivity contribution in [3.63, 3.8) is 0 Å². The first-order chi connectivity index (χ1) is 10.1. The molecule has 7 heteroatoms. The van der Waals surface area contributed by atoms with Crippen molar-refractivity contribution in [1.29, 1.82) is 0 Å². The molecule has 2 aromatic heterocycles. The molecule has 0 spiro atoms. The van der Waals surface area contributed by atoms with Crippen molar-refractivity contribution in [2.24, 2.45) is 0 Å². The third kappa shape index (κ3) is 2.90. The van der Waals surface area contributed by atoms with E-state index >= 15 is 0 Å². The minimum Gasteiger partial charge on any atom is -0.368 e. The molecule has 0 aliphatic rings. The molecule has 3 rings (SSSR count). The summed E-state index contributed by atoms with van der Waals surface area (Å²) in [5.74, 6) is 0.886. The van der Waals surface area contributed by atoms with Gasteiger partial charge in [-0.1, -0.05) is 30.1 Å². The number of nitrogens with zero attached hydrogens (tertiary/aromatic N) is 2.